The lowest BCUT2D eigenvalue weighted by molar-refractivity contribution is 0.414. The highest BCUT2D eigenvalue weighted by Crippen LogP contribution is 2.38. The lowest BCUT2D eigenvalue weighted by Crippen LogP contribution is -2.03. The number of hydrogen-bond acceptors (Lipinski definition) is 4. The molecule has 1 aromatic heterocycles. The zero-order valence-corrected chi connectivity index (χ0v) is 11.5. The maximum absolute atomic E-state index is 5.84. The number of nitrogens with zero attached hydrogens (tertiary/aromatic N) is 1. The van der Waals surface area contributed by atoms with Gasteiger partial charge in [-0.2, -0.15) is 0 Å². The second-order valence-corrected chi connectivity index (χ2v) is 5.19. The Hall–Kier alpha value is -2.07. The minimum absolute atomic E-state index is 0.326. The van der Waals surface area contributed by atoms with Gasteiger partial charge in [0.2, 0.25) is 0 Å². The Morgan fingerprint density at radius 2 is 2.20 bits per heavy atom. The quantitative estimate of drug-likeness (QED) is 0.875. The van der Waals surface area contributed by atoms with Crippen LogP contribution in [0.25, 0.3) is 0 Å². The SMILES string of the molecule is COc1cccc(CNc2ccc([C@@H]3C[C@H]3N)cn2)c1. The van der Waals surface area contributed by atoms with E-state index in [-0.39, 0.29) is 0 Å². The molecule has 1 fully saturated rings. The van der Waals surface area contributed by atoms with Crippen LogP contribution >= 0.6 is 0 Å². The van der Waals surface area contributed by atoms with Crippen LogP contribution in [0.4, 0.5) is 5.82 Å². The molecule has 1 aliphatic rings. The molecule has 1 aromatic carbocycles. The summed E-state index contributed by atoms with van der Waals surface area (Å²) in [4.78, 5) is 4.43. The highest BCUT2D eigenvalue weighted by atomic mass is 16.5. The first-order valence-electron chi connectivity index (χ1n) is 6.84. The van der Waals surface area contributed by atoms with Gasteiger partial charge in [-0.05, 0) is 35.7 Å². The minimum Gasteiger partial charge on any atom is -0.497 e. The summed E-state index contributed by atoms with van der Waals surface area (Å²) in [5.41, 5.74) is 8.25. The van der Waals surface area contributed by atoms with Gasteiger partial charge in [0.25, 0.3) is 0 Å². The fourth-order valence-electron chi connectivity index (χ4n) is 2.30. The van der Waals surface area contributed by atoms with Crippen molar-refractivity contribution in [2.45, 2.75) is 24.9 Å². The molecule has 0 amide bonds. The monoisotopic (exact) mass is 269 g/mol. The smallest absolute Gasteiger partial charge is 0.126 e. The standard InChI is InChI=1S/C16H19N3O/c1-20-13-4-2-3-11(7-13)9-18-16-6-5-12(10-19-16)14-8-15(14)17/h2-7,10,14-15H,8-9,17H2,1H3,(H,18,19)/t14-,15+/m0/s1. The molecule has 1 heterocycles. The van der Waals surface area contributed by atoms with Crippen LogP contribution in [0.3, 0.4) is 0 Å². The molecule has 104 valence electrons. The van der Waals surface area contributed by atoms with E-state index in [9.17, 15) is 0 Å². The Balaban J connectivity index is 1.60. The molecule has 0 radical (unpaired) electrons. The van der Waals surface area contributed by atoms with Crippen molar-refractivity contribution < 1.29 is 4.74 Å². The van der Waals surface area contributed by atoms with E-state index in [1.54, 1.807) is 7.11 Å². The average Bonchev–Trinajstić information content (AvgIpc) is 3.23. The number of ether oxygens (including phenoxy) is 1. The summed E-state index contributed by atoms with van der Waals surface area (Å²) in [6.45, 7) is 0.729. The van der Waals surface area contributed by atoms with Gasteiger partial charge in [0.15, 0.2) is 0 Å². The highest BCUT2D eigenvalue weighted by Gasteiger charge is 2.34. The number of hydrogen-bond donors (Lipinski definition) is 2. The van der Waals surface area contributed by atoms with Crippen molar-refractivity contribution in [3.8, 4) is 5.75 Å². The van der Waals surface area contributed by atoms with Crippen LogP contribution in [0.15, 0.2) is 42.6 Å². The van der Waals surface area contributed by atoms with Gasteiger partial charge >= 0.3 is 0 Å². The van der Waals surface area contributed by atoms with Crippen molar-refractivity contribution >= 4 is 5.82 Å². The second kappa shape index (κ2) is 5.51. The third-order valence-electron chi connectivity index (χ3n) is 3.66. The first-order valence-corrected chi connectivity index (χ1v) is 6.84. The molecule has 4 nitrogen and oxygen atoms in total. The number of aromatic nitrogens is 1. The van der Waals surface area contributed by atoms with Crippen molar-refractivity contribution in [3.05, 3.63) is 53.7 Å². The first-order chi connectivity index (χ1) is 9.76. The molecule has 0 aliphatic heterocycles. The van der Waals surface area contributed by atoms with Gasteiger partial charge in [-0.15, -0.1) is 0 Å². The van der Waals surface area contributed by atoms with Crippen LogP contribution in [0, 0.1) is 0 Å². The van der Waals surface area contributed by atoms with Crippen LogP contribution in [0.2, 0.25) is 0 Å². The van der Waals surface area contributed by atoms with E-state index in [0.29, 0.717) is 12.0 Å². The summed E-state index contributed by atoms with van der Waals surface area (Å²) in [6, 6.07) is 12.5. The van der Waals surface area contributed by atoms with Crippen LogP contribution in [0.5, 0.6) is 5.75 Å². The Labute approximate surface area is 119 Å². The lowest BCUT2D eigenvalue weighted by atomic mass is 10.2. The van der Waals surface area contributed by atoms with Gasteiger partial charge in [-0.3, -0.25) is 0 Å². The molecule has 1 saturated carbocycles. The number of pyridine rings is 1. The molecule has 0 spiro atoms. The number of methoxy groups -OCH3 is 1. The summed E-state index contributed by atoms with van der Waals surface area (Å²) < 4.78 is 5.21. The zero-order chi connectivity index (χ0) is 13.9. The van der Waals surface area contributed by atoms with Gasteiger partial charge in [-0.1, -0.05) is 18.2 Å². The Kier molecular flexibility index (Phi) is 3.56. The van der Waals surface area contributed by atoms with Gasteiger partial charge in [-0.25, -0.2) is 4.98 Å². The van der Waals surface area contributed by atoms with Crippen molar-refractivity contribution in [1.29, 1.82) is 0 Å². The summed E-state index contributed by atoms with van der Waals surface area (Å²) in [7, 11) is 1.68. The van der Waals surface area contributed by atoms with Crippen molar-refractivity contribution in [1.82, 2.24) is 4.98 Å². The van der Waals surface area contributed by atoms with Crippen molar-refractivity contribution in [3.63, 3.8) is 0 Å². The number of benzene rings is 1. The van der Waals surface area contributed by atoms with Gasteiger partial charge in [0.1, 0.15) is 11.6 Å². The summed E-state index contributed by atoms with van der Waals surface area (Å²) in [5, 5.41) is 3.31. The summed E-state index contributed by atoms with van der Waals surface area (Å²) in [5.74, 6) is 2.26. The van der Waals surface area contributed by atoms with E-state index in [1.807, 2.05) is 30.5 Å². The average molecular weight is 269 g/mol. The van der Waals surface area contributed by atoms with E-state index in [1.165, 1.54) is 11.1 Å². The number of nitrogens with one attached hydrogen (secondary N) is 1. The molecular weight excluding hydrogens is 250 g/mol. The van der Waals surface area contributed by atoms with Crippen LogP contribution in [-0.2, 0) is 6.54 Å². The first kappa shape index (κ1) is 12.9. The summed E-state index contributed by atoms with van der Waals surface area (Å²) >= 11 is 0. The van der Waals surface area contributed by atoms with E-state index in [4.69, 9.17) is 10.5 Å². The molecule has 2 atom stereocenters. The van der Waals surface area contributed by atoms with Crippen molar-refractivity contribution in [2.24, 2.45) is 5.73 Å². The lowest BCUT2D eigenvalue weighted by Gasteiger charge is -2.08. The Morgan fingerprint density at radius 1 is 1.35 bits per heavy atom. The second-order valence-electron chi connectivity index (χ2n) is 5.19. The van der Waals surface area contributed by atoms with Gasteiger partial charge < -0.3 is 15.8 Å². The topological polar surface area (TPSA) is 60.2 Å². The minimum atomic E-state index is 0.326. The predicted molar refractivity (Wildman–Crippen MR) is 79.9 cm³/mol. The van der Waals surface area contributed by atoms with Crippen LogP contribution in [-0.4, -0.2) is 18.1 Å². The molecule has 0 bridgehead atoms. The predicted octanol–water partition coefficient (Wildman–Crippen LogP) is 2.52. The molecule has 2 aromatic rings. The van der Waals surface area contributed by atoms with Gasteiger partial charge in [0.05, 0.1) is 7.11 Å². The molecule has 3 N–H and O–H groups in total. The van der Waals surface area contributed by atoms with E-state index < -0.39 is 0 Å². The summed E-state index contributed by atoms with van der Waals surface area (Å²) in [6.07, 6.45) is 3.00. The number of nitrogens with two attached hydrogens (primary N) is 1. The van der Waals surface area contributed by atoms with E-state index >= 15 is 0 Å². The fourth-order valence-corrected chi connectivity index (χ4v) is 2.30. The third kappa shape index (κ3) is 2.91. The Bertz CT molecular complexity index is 583. The number of anilines is 1. The molecule has 20 heavy (non-hydrogen) atoms. The maximum atomic E-state index is 5.84. The largest absolute Gasteiger partial charge is 0.497 e. The van der Waals surface area contributed by atoms with Gasteiger partial charge in [0, 0.05) is 24.7 Å². The third-order valence-corrected chi connectivity index (χ3v) is 3.66. The molecular formula is C16H19N3O. The molecule has 0 unspecified atom stereocenters. The zero-order valence-electron chi connectivity index (χ0n) is 11.5. The van der Waals surface area contributed by atoms with Crippen molar-refractivity contribution in [2.75, 3.05) is 12.4 Å². The van der Waals surface area contributed by atoms with E-state index in [0.717, 1.165) is 24.5 Å². The Morgan fingerprint density at radius 3 is 2.85 bits per heavy atom. The molecule has 0 saturated heterocycles. The molecule has 1 aliphatic carbocycles. The molecule has 3 rings (SSSR count). The van der Waals surface area contributed by atoms with E-state index in [2.05, 4.69) is 22.4 Å². The highest BCUT2D eigenvalue weighted by molar-refractivity contribution is 5.39. The number of rotatable bonds is 5. The fraction of sp³-hybridized carbons (Fsp3) is 0.312. The van der Waals surface area contributed by atoms with Crippen LogP contribution < -0.4 is 15.8 Å². The normalized spacial score (nSPS) is 20.5. The molecule has 4 heteroatoms. The maximum Gasteiger partial charge on any atom is 0.126 e. The van der Waals surface area contributed by atoms with Crippen LogP contribution in [0.1, 0.15) is 23.5 Å².